The number of amides is 1. The summed E-state index contributed by atoms with van der Waals surface area (Å²) in [5.74, 6) is 0.639. The van der Waals surface area contributed by atoms with Gasteiger partial charge in [0.1, 0.15) is 5.82 Å². The fourth-order valence-corrected chi connectivity index (χ4v) is 2.90. The molecule has 2 aromatic carbocycles. The molecule has 120 valence electrons. The molecule has 1 aliphatic heterocycles. The SMILES string of the molecule is N#Cc1ccc(C(=O)N2Cc3cccnc3Nc3ccccc32)cc1. The fourth-order valence-electron chi connectivity index (χ4n) is 2.90. The minimum absolute atomic E-state index is 0.115. The van der Waals surface area contributed by atoms with Crippen molar-refractivity contribution in [3.05, 3.63) is 83.6 Å². The molecule has 1 N–H and O–H groups in total. The molecular weight excluding hydrogens is 312 g/mol. The predicted molar refractivity (Wildman–Crippen MR) is 95.6 cm³/mol. The van der Waals surface area contributed by atoms with E-state index in [1.807, 2.05) is 36.4 Å². The summed E-state index contributed by atoms with van der Waals surface area (Å²) in [6.07, 6.45) is 1.73. The Hall–Kier alpha value is -3.65. The number of hydrogen-bond acceptors (Lipinski definition) is 4. The van der Waals surface area contributed by atoms with Crippen molar-refractivity contribution in [2.24, 2.45) is 0 Å². The lowest BCUT2D eigenvalue weighted by molar-refractivity contribution is 0.0985. The van der Waals surface area contributed by atoms with Crippen LogP contribution in [0.4, 0.5) is 17.2 Å². The number of nitrogens with zero attached hydrogens (tertiary/aromatic N) is 3. The van der Waals surface area contributed by atoms with Crippen molar-refractivity contribution in [3.8, 4) is 6.07 Å². The van der Waals surface area contributed by atoms with E-state index in [-0.39, 0.29) is 5.91 Å². The van der Waals surface area contributed by atoms with Gasteiger partial charge < -0.3 is 10.2 Å². The number of rotatable bonds is 1. The zero-order valence-corrected chi connectivity index (χ0v) is 13.3. The molecule has 0 spiro atoms. The fraction of sp³-hybridized carbons (Fsp3) is 0.0500. The number of anilines is 3. The zero-order chi connectivity index (χ0) is 17.2. The van der Waals surface area contributed by atoms with Crippen LogP contribution < -0.4 is 10.2 Å². The Bertz CT molecular complexity index is 989. The number of hydrogen-bond donors (Lipinski definition) is 1. The standard InChI is InChI=1S/C20H14N4O/c21-12-14-7-9-15(10-8-14)20(25)24-13-16-4-3-11-22-19(16)23-17-5-1-2-6-18(17)24/h1-11H,13H2,(H,22,23). The first-order valence-electron chi connectivity index (χ1n) is 7.88. The monoisotopic (exact) mass is 326 g/mol. The van der Waals surface area contributed by atoms with Crippen LogP contribution in [0.5, 0.6) is 0 Å². The van der Waals surface area contributed by atoms with E-state index in [0.29, 0.717) is 17.7 Å². The van der Waals surface area contributed by atoms with Gasteiger partial charge >= 0.3 is 0 Å². The summed E-state index contributed by atoms with van der Waals surface area (Å²) < 4.78 is 0. The van der Waals surface area contributed by atoms with Gasteiger partial charge in [-0.2, -0.15) is 5.26 Å². The third kappa shape index (κ3) is 2.70. The molecule has 5 heteroatoms. The summed E-state index contributed by atoms with van der Waals surface area (Å²) in [5, 5.41) is 12.2. The van der Waals surface area contributed by atoms with E-state index in [0.717, 1.165) is 22.8 Å². The molecule has 0 unspecified atom stereocenters. The maximum Gasteiger partial charge on any atom is 0.258 e. The second kappa shape index (κ2) is 6.10. The van der Waals surface area contributed by atoms with Gasteiger partial charge in [-0.1, -0.05) is 18.2 Å². The van der Waals surface area contributed by atoms with E-state index in [9.17, 15) is 4.79 Å². The van der Waals surface area contributed by atoms with Gasteiger partial charge in [0.05, 0.1) is 29.6 Å². The number of benzene rings is 2. The molecule has 0 saturated carbocycles. The molecule has 1 aliphatic rings. The number of nitrogens with one attached hydrogen (secondary N) is 1. The summed E-state index contributed by atoms with van der Waals surface area (Å²) in [7, 11) is 0. The lowest BCUT2D eigenvalue weighted by atomic mass is 10.1. The molecule has 4 rings (SSSR count). The largest absolute Gasteiger partial charge is 0.338 e. The van der Waals surface area contributed by atoms with E-state index in [1.165, 1.54) is 0 Å². The molecule has 0 atom stereocenters. The Balaban J connectivity index is 1.79. The summed E-state index contributed by atoms with van der Waals surface area (Å²) in [6.45, 7) is 0.423. The van der Waals surface area contributed by atoms with Crippen LogP contribution in [0.1, 0.15) is 21.5 Å². The Morgan fingerprint density at radius 1 is 1.08 bits per heavy atom. The minimum atomic E-state index is -0.115. The quantitative estimate of drug-likeness (QED) is 0.737. The Kier molecular flexibility index (Phi) is 3.64. The number of para-hydroxylation sites is 2. The molecule has 2 heterocycles. The first kappa shape index (κ1) is 14.9. The normalized spacial score (nSPS) is 12.2. The van der Waals surface area contributed by atoms with Gasteiger partial charge in [-0.25, -0.2) is 4.98 Å². The van der Waals surface area contributed by atoms with Crippen molar-refractivity contribution >= 4 is 23.1 Å². The smallest absolute Gasteiger partial charge is 0.258 e. The maximum atomic E-state index is 13.1. The number of pyridine rings is 1. The van der Waals surface area contributed by atoms with Gasteiger partial charge in [0.15, 0.2) is 0 Å². The highest BCUT2D eigenvalue weighted by atomic mass is 16.2. The van der Waals surface area contributed by atoms with Gasteiger partial charge in [0.25, 0.3) is 5.91 Å². The van der Waals surface area contributed by atoms with Crippen molar-refractivity contribution in [2.45, 2.75) is 6.54 Å². The van der Waals surface area contributed by atoms with Crippen molar-refractivity contribution in [3.63, 3.8) is 0 Å². The molecule has 5 nitrogen and oxygen atoms in total. The van der Waals surface area contributed by atoms with Crippen LogP contribution in [0.25, 0.3) is 0 Å². The number of fused-ring (bicyclic) bond motifs is 2. The van der Waals surface area contributed by atoms with Gasteiger partial charge in [0, 0.05) is 17.3 Å². The van der Waals surface area contributed by atoms with Crippen LogP contribution in [0.3, 0.4) is 0 Å². The van der Waals surface area contributed by atoms with Crippen molar-refractivity contribution in [1.82, 2.24) is 4.98 Å². The van der Waals surface area contributed by atoms with Gasteiger partial charge in [0.2, 0.25) is 0 Å². The van der Waals surface area contributed by atoms with Gasteiger partial charge in [-0.3, -0.25) is 4.79 Å². The third-order valence-electron chi connectivity index (χ3n) is 4.17. The van der Waals surface area contributed by atoms with Crippen molar-refractivity contribution in [1.29, 1.82) is 5.26 Å². The second-order valence-corrected chi connectivity index (χ2v) is 5.73. The number of nitriles is 1. The molecular formula is C20H14N4O. The highest BCUT2D eigenvalue weighted by Gasteiger charge is 2.25. The third-order valence-corrected chi connectivity index (χ3v) is 4.17. The molecule has 1 aromatic heterocycles. The molecule has 1 amide bonds. The number of aromatic nitrogens is 1. The average molecular weight is 326 g/mol. The van der Waals surface area contributed by atoms with Crippen LogP contribution in [-0.2, 0) is 6.54 Å². The summed E-state index contributed by atoms with van der Waals surface area (Å²) in [5.41, 5.74) is 3.66. The molecule has 0 radical (unpaired) electrons. The average Bonchev–Trinajstić information content (AvgIpc) is 2.84. The van der Waals surface area contributed by atoms with Crippen LogP contribution in [0, 0.1) is 11.3 Å². The summed E-state index contributed by atoms with van der Waals surface area (Å²) >= 11 is 0. The zero-order valence-electron chi connectivity index (χ0n) is 13.3. The van der Waals surface area contributed by atoms with Crippen molar-refractivity contribution in [2.75, 3.05) is 10.2 Å². The van der Waals surface area contributed by atoms with Crippen LogP contribution in [0.15, 0.2) is 66.9 Å². The lowest BCUT2D eigenvalue weighted by Gasteiger charge is -2.22. The van der Waals surface area contributed by atoms with Gasteiger partial charge in [-0.05, 0) is 42.5 Å². The topological polar surface area (TPSA) is 69.0 Å². The molecule has 3 aromatic rings. The summed E-state index contributed by atoms with van der Waals surface area (Å²) in [4.78, 5) is 19.2. The van der Waals surface area contributed by atoms with Gasteiger partial charge in [-0.15, -0.1) is 0 Å². The maximum absolute atomic E-state index is 13.1. The Morgan fingerprint density at radius 2 is 1.88 bits per heavy atom. The molecule has 0 aliphatic carbocycles. The van der Waals surface area contributed by atoms with E-state index < -0.39 is 0 Å². The van der Waals surface area contributed by atoms with E-state index in [2.05, 4.69) is 16.4 Å². The van der Waals surface area contributed by atoms with Crippen LogP contribution in [-0.4, -0.2) is 10.9 Å². The predicted octanol–water partition coefficient (Wildman–Crippen LogP) is 3.86. The number of carbonyl (C=O) groups excluding carboxylic acids is 1. The van der Waals surface area contributed by atoms with E-state index >= 15 is 0 Å². The second-order valence-electron chi connectivity index (χ2n) is 5.73. The Labute approximate surface area is 145 Å². The Morgan fingerprint density at radius 3 is 2.68 bits per heavy atom. The minimum Gasteiger partial charge on any atom is -0.338 e. The van der Waals surface area contributed by atoms with E-state index in [4.69, 9.17) is 5.26 Å². The molecule has 0 fully saturated rings. The van der Waals surface area contributed by atoms with Crippen LogP contribution >= 0.6 is 0 Å². The van der Waals surface area contributed by atoms with E-state index in [1.54, 1.807) is 35.4 Å². The van der Waals surface area contributed by atoms with Crippen molar-refractivity contribution < 1.29 is 4.79 Å². The molecule has 0 bridgehead atoms. The lowest BCUT2D eigenvalue weighted by Crippen LogP contribution is -2.30. The highest BCUT2D eigenvalue weighted by Crippen LogP contribution is 2.35. The number of carbonyl (C=O) groups is 1. The summed E-state index contributed by atoms with van der Waals surface area (Å²) in [6, 6.07) is 20.2. The highest BCUT2D eigenvalue weighted by molar-refractivity contribution is 6.08. The van der Waals surface area contributed by atoms with Crippen LogP contribution in [0.2, 0.25) is 0 Å². The molecule has 0 saturated heterocycles. The first-order chi connectivity index (χ1) is 12.3. The first-order valence-corrected chi connectivity index (χ1v) is 7.88. The molecule has 25 heavy (non-hydrogen) atoms.